The summed E-state index contributed by atoms with van der Waals surface area (Å²) >= 11 is 0. The van der Waals surface area contributed by atoms with Gasteiger partial charge in [0.15, 0.2) is 0 Å². The van der Waals surface area contributed by atoms with E-state index in [2.05, 4.69) is 12.1 Å². The summed E-state index contributed by atoms with van der Waals surface area (Å²) in [6.07, 6.45) is 10.6. The summed E-state index contributed by atoms with van der Waals surface area (Å²) < 4.78 is 15.9. The molecule has 0 aliphatic carbocycles. The molecule has 0 bridgehead atoms. The molecular weight excluding hydrogens is 290 g/mol. The van der Waals surface area contributed by atoms with Crippen molar-refractivity contribution < 1.29 is 14.2 Å². The highest BCUT2D eigenvalue weighted by Gasteiger charge is 2.28. The van der Waals surface area contributed by atoms with Gasteiger partial charge in [-0.25, -0.2) is 0 Å². The Morgan fingerprint density at radius 1 is 0.739 bits per heavy atom. The molecule has 1 aromatic rings. The molecule has 0 heterocycles. The Bertz CT molecular complexity index is 393. The van der Waals surface area contributed by atoms with Crippen molar-refractivity contribution in [3.63, 3.8) is 0 Å². The van der Waals surface area contributed by atoms with Gasteiger partial charge in [-0.2, -0.15) is 0 Å². The van der Waals surface area contributed by atoms with Gasteiger partial charge in [-0.15, -0.1) is 0 Å². The van der Waals surface area contributed by atoms with Gasteiger partial charge in [-0.05, 0) is 37.0 Å². The van der Waals surface area contributed by atoms with Crippen molar-refractivity contribution in [1.29, 1.82) is 0 Å². The van der Waals surface area contributed by atoms with Gasteiger partial charge >= 0.3 is 0 Å². The van der Waals surface area contributed by atoms with Crippen molar-refractivity contribution in [3.05, 3.63) is 29.8 Å². The van der Waals surface area contributed by atoms with E-state index in [1.807, 2.05) is 12.1 Å². The number of methoxy groups -OCH3 is 3. The first-order valence-electron chi connectivity index (χ1n) is 8.65. The zero-order valence-corrected chi connectivity index (χ0v) is 15.0. The summed E-state index contributed by atoms with van der Waals surface area (Å²) in [6, 6.07) is 8.22. The van der Waals surface area contributed by atoms with Crippen molar-refractivity contribution >= 4 is 5.69 Å². The summed E-state index contributed by atoms with van der Waals surface area (Å²) in [6.45, 7) is 0. The maximum Gasteiger partial charge on any atom is 0.282 e. The van der Waals surface area contributed by atoms with Crippen LogP contribution in [0.4, 0.5) is 5.69 Å². The van der Waals surface area contributed by atoms with Crippen molar-refractivity contribution in [2.24, 2.45) is 0 Å². The molecular formula is C19H33NO3. The fourth-order valence-electron chi connectivity index (χ4n) is 2.80. The molecule has 132 valence electrons. The molecule has 0 aliphatic rings. The lowest BCUT2D eigenvalue weighted by atomic mass is 10.0. The maximum absolute atomic E-state index is 5.69. The summed E-state index contributed by atoms with van der Waals surface area (Å²) in [5, 5.41) is 0. The number of aryl methyl sites for hydroxylation is 1. The molecule has 0 aliphatic heterocycles. The smallest absolute Gasteiger partial charge is 0.282 e. The zero-order valence-electron chi connectivity index (χ0n) is 15.0. The number of nitrogen functional groups attached to an aromatic ring is 1. The molecule has 1 rings (SSSR count). The van der Waals surface area contributed by atoms with Gasteiger partial charge < -0.3 is 19.9 Å². The van der Waals surface area contributed by atoms with E-state index in [1.165, 1.54) is 44.1 Å². The molecule has 0 atom stereocenters. The van der Waals surface area contributed by atoms with Gasteiger partial charge in [0.25, 0.3) is 5.97 Å². The molecule has 0 saturated carbocycles. The average Bonchev–Trinajstić information content (AvgIpc) is 2.59. The van der Waals surface area contributed by atoms with Crippen molar-refractivity contribution in [3.8, 4) is 0 Å². The van der Waals surface area contributed by atoms with E-state index in [4.69, 9.17) is 19.9 Å². The first-order chi connectivity index (χ1) is 11.2. The minimum absolute atomic E-state index is 0.771. The first-order valence-corrected chi connectivity index (χ1v) is 8.65. The second-order valence-electron chi connectivity index (χ2n) is 6.01. The van der Waals surface area contributed by atoms with Gasteiger partial charge in [0, 0.05) is 33.4 Å². The Labute approximate surface area is 141 Å². The molecule has 0 aromatic heterocycles. The van der Waals surface area contributed by atoms with E-state index in [0.29, 0.717) is 0 Å². The molecule has 0 amide bonds. The molecule has 1 aromatic carbocycles. The van der Waals surface area contributed by atoms with E-state index >= 15 is 0 Å². The number of nitrogens with two attached hydrogens (primary N) is 1. The number of ether oxygens (including phenoxy) is 3. The SMILES string of the molecule is COC(CCCCCCCCCc1ccc(N)cc1)(OC)OC. The van der Waals surface area contributed by atoms with Crippen LogP contribution in [0.25, 0.3) is 0 Å². The van der Waals surface area contributed by atoms with Gasteiger partial charge in [-0.3, -0.25) is 0 Å². The van der Waals surface area contributed by atoms with Crippen LogP contribution >= 0.6 is 0 Å². The zero-order chi connectivity index (χ0) is 17.0. The Morgan fingerprint density at radius 3 is 1.74 bits per heavy atom. The molecule has 2 N–H and O–H groups in total. The predicted molar refractivity (Wildman–Crippen MR) is 95.3 cm³/mol. The maximum atomic E-state index is 5.69. The van der Waals surface area contributed by atoms with Crippen LogP contribution in [0.3, 0.4) is 0 Å². The Morgan fingerprint density at radius 2 is 1.22 bits per heavy atom. The van der Waals surface area contributed by atoms with E-state index in [-0.39, 0.29) is 0 Å². The molecule has 0 fully saturated rings. The Hall–Kier alpha value is -1.10. The number of unbranched alkanes of at least 4 members (excludes halogenated alkanes) is 6. The summed E-state index contributed by atoms with van der Waals surface area (Å²) in [5.74, 6) is -0.862. The Balaban J connectivity index is 1.98. The third kappa shape index (κ3) is 7.82. The Kier molecular flexibility index (Phi) is 9.92. The fraction of sp³-hybridized carbons (Fsp3) is 0.684. The quantitative estimate of drug-likeness (QED) is 0.329. The highest BCUT2D eigenvalue weighted by molar-refractivity contribution is 5.39. The van der Waals surface area contributed by atoms with Crippen LogP contribution in [0, 0.1) is 0 Å². The van der Waals surface area contributed by atoms with Crippen molar-refractivity contribution in [2.75, 3.05) is 27.1 Å². The van der Waals surface area contributed by atoms with Crippen molar-refractivity contribution in [2.45, 2.75) is 63.8 Å². The third-order valence-corrected chi connectivity index (χ3v) is 4.36. The number of benzene rings is 1. The molecule has 4 nitrogen and oxygen atoms in total. The second kappa shape index (κ2) is 11.4. The van der Waals surface area contributed by atoms with Gasteiger partial charge in [0.2, 0.25) is 0 Å². The molecule has 4 heteroatoms. The van der Waals surface area contributed by atoms with Crippen LogP contribution in [-0.4, -0.2) is 27.3 Å². The summed E-state index contributed by atoms with van der Waals surface area (Å²) in [4.78, 5) is 0. The van der Waals surface area contributed by atoms with Crippen LogP contribution in [0.15, 0.2) is 24.3 Å². The molecule has 23 heavy (non-hydrogen) atoms. The second-order valence-corrected chi connectivity index (χ2v) is 6.01. The van der Waals surface area contributed by atoms with Crippen LogP contribution in [0.2, 0.25) is 0 Å². The van der Waals surface area contributed by atoms with Crippen molar-refractivity contribution in [1.82, 2.24) is 0 Å². The van der Waals surface area contributed by atoms with E-state index in [9.17, 15) is 0 Å². The molecule has 0 spiro atoms. The monoisotopic (exact) mass is 323 g/mol. The number of hydrogen-bond acceptors (Lipinski definition) is 4. The first kappa shape index (κ1) is 19.9. The number of anilines is 1. The standard InChI is InChI=1S/C19H33NO3/c1-21-19(22-2,23-3)16-10-8-6-4-5-7-9-11-17-12-14-18(20)15-13-17/h12-15H,4-11,16,20H2,1-3H3. The van der Waals surface area contributed by atoms with Gasteiger partial charge in [-0.1, -0.05) is 44.2 Å². The highest BCUT2D eigenvalue weighted by atomic mass is 16.9. The highest BCUT2D eigenvalue weighted by Crippen LogP contribution is 2.21. The minimum Gasteiger partial charge on any atom is -0.399 e. The van der Waals surface area contributed by atoms with E-state index in [1.54, 1.807) is 21.3 Å². The summed E-state index contributed by atoms with van der Waals surface area (Å²) in [7, 11) is 4.86. The fourth-order valence-corrected chi connectivity index (χ4v) is 2.80. The van der Waals surface area contributed by atoms with E-state index in [0.717, 1.165) is 24.9 Å². The van der Waals surface area contributed by atoms with Crippen LogP contribution in [0.1, 0.15) is 56.9 Å². The van der Waals surface area contributed by atoms with Gasteiger partial charge in [0.1, 0.15) is 0 Å². The largest absolute Gasteiger partial charge is 0.399 e. The topological polar surface area (TPSA) is 53.7 Å². The number of hydrogen-bond donors (Lipinski definition) is 1. The van der Waals surface area contributed by atoms with Gasteiger partial charge in [0.05, 0.1) is 0 Å². The minimum atomic E-state index is -0.862. The molecule has 0 saturated heterocycles. The average molecular weight is 323 g/mol. The van der Waals surface area contributed by atoms with Crippen LogP contribution in [0.5, 0.6) is 0 Å². The predicted octanol–water partition coefficient (Wildman–Crippen LogP) is 4.53. The number of rotatable bonds is 13. The van der Waals surface area contributed by atoms with Crippen LogP contribution in [-0.2, 0) is 20.6 Å². The normalized spacial score (nSPS) is 11.8. The van der Waals surface area contributed by atoms with E-state index < -0.39 is 5.97 Å². The lowest BCUT2D eigenvalue weighted by molar-refractivity contribution is -0.355. The lowest BCUT2D eigenvalue weighted by Crippen LogP contribution is -2.35. The molecule has 0 radical (unpaired) electrons. The van der Waals surface area contributed by atoms with Crippen LogP contribution < -0.4 is 5.73 Å². The molecule has 0 unspecified atom stereocenters. The third-order valence-electron chi connectivity index (χ3n) is 4.36. The lowest BCUT2D eigenvalue weighted by Gasteiger charge is -2.28. The summed E-state index contributed by atoms with van der Waals surface area (Å²) in [5.41, 5.74) is 7.92.